The summed E-state index contributed by atoms with van der Waals surface area (Å²) in [4.78, 5) is 16.8. The summed E-state index contributed by atoms with van der Waals surface area (Å²) in [5, 5.41) is 6.17. The third-order valence-corrected chi connectivity index (χ3v) is 4.59. The second-order valence-corrected chi connectivity index (χ2v) is 6.67. The molecule has 2 aromatic carbocycles. The summed E-state index contributed by atoms with van der Waals surface area (Å²) in [6.45, 7) is 5.17. The largest absolute Gasteiger partial charge is 0.486 e. The van der Waals surface area contributed by atoms with Crippen LogP contribution in [0.4, 0.5) is 17.1 Å². The molecule has 0 bridgehead atoms. The maximum Gasteiger partial charge on any atom is 0.274 e. The van der Waals surface area contributed by atoms with E-state index in [0.29, 0.717) is 36.1 Å². The minimum absolute atomic E-state index is 0.291. The Labute approximate surface area is 163 Å². The molecule has 28 heavy (non-hydrogen) atoms. The fourth-order valence-electron chi connectivity index (χ4n) is 2.93. The number of ether oxygens (including phenoxy) is 2. The molecule has 1 aliphatic rings. The van der Waals surface area contributed by atoms with Crippen LogP contribution < -0.4 is 20.1 Å². The van der Waals surface area contributed by atoms with Gasteiger partial charge in [0.25, 0.3) is 5.91 Å². The first-order chi connectivity index (χ1) is 13.6. The number of anilines is 3. The molecule has 0 saturated carbocycles. The molecule has 1 amide bonds. The first-order valence-corrected chi connectivity index (χ1v) is 9.10. The van der Waals surface area contributed by atoms with Crippen LogP contribution in [0.2, 0.25) is 0 Å². The molecular weight excluding hydrogens is 354 g/mol. The van der Waals surface area contributed by atoms with Crippen LogP contribution in [0.25, 0.3) is 0 Å². The zero-order chi connectivity index (χ0) is 19.5. The lowest BCUT2D eigenvalue weighted by molar-refractivity contribution is 0.102. The lowest BCUT2D eigenvalue weighted by Gasteiger charge is -2.19. The number of amides is 1. The van der Waals surface area contributed by atoms with E-state index >= 15 is 0 Å². The number of rotatable bonds is 4. The number of aromatic nitrogens is 1. The minimum atomic E-state index is -0.291. The van der Waals surface area contributed by atoms with E-state index < -0.39 is 0 Å². The number of hydrogen-bond donors (Lipinski definition) is 2. The van der Waals surface area contributed by atoms with Gasteiger partial charge in [-0.2, -0.15) is 0 Å². The van der Waals surface area contributed by atoms with Gasteiger partial charge in [-0.05, 0) is 61.4 Å². The van der Waals surface area contributed by atoms with Crippen molar-refractivity contribution >= 4 is 23.0 Å². The zero-order valence-corrected chi connectivity index (χ0v) is 15.8. The number of carbonyl (C=O) groups is 1. The van der Waals surface area contributed by atoms with E-state index in [0.717, 1.165) is 11.4 Å². The summed E-state index contributed by atoms with van der Waals surface area (Å²) in [5.74, 6) is 1.02. The van der Waals surface area contributed by atoms with Crippen LogP contribution in [0.1, 0.15) is 21.6 Å². The molecule has 0 fully saturated rings. The highest BCUT2D eigenvalue weighted by atomic mass is 16.6. The Kier molecular flexibility index (Phi) is 4.85. The second kappa shape index (κ2) is 7.60. The van der Waals surface area contributed by atoms with Gasteiger partial charge in [0.05, 0.1) is 0 Å². The minimum Gasteiger partial charge on any atom is -0.486 e. The normalized spacial score (nSPS) is 12.4. The number of hydrogen-bond acceptors (Lipinski definition) is 5. The third kappa shape index (κ3) is 3.91. The van der Waals surface area contributed by atoms with Gasteiger partial charge in [-0.25, -0.2) is 0 Å². The lowest BCUT2D eigenvalue weighted by Crippen LogP contribution is -2.17. The molecule has 0 atom stereocenters. The Balaban J connectivity index is 1.49. The van der Waals surface area contributed by atoms with Gasteiger partial charge in [0.15, 0.2) is 11.5 Å². The maximum atomic E-state index is 12.6. The van der Waals surface area contributed by atoms with Crippen molar-refractivity contribution in [2.24, 2.45) is 0 Å². The fourth-order valence-corrected chi connectivity index (χ4v) is 2.93. The predicted molar refractivity (Wildman–Crippen MR) is 109 cm³/mol. The number of carbonyl (C=O) groups excluding carboxylic acids is 1. The highest BCUT2D eigenvalue weighted by molar-refractivity contribution is 6.03. The van der Waals surface area contributed by atoms with Crippen LogP contribution in [-0.4, -0.2) is 24.1 Å². The molecule has 1 aromatic heterocycles. The fraction of sp³-hybridized carbons (Fsp3) is 0.182. The van der Waals surface area contributed by atoms with Crippen molar-refractivity contribution in [1.82, 2.24) is 4.98 Å². The highest BCUT2D eigenvalue weighted by Gasteiger charge is 2.14. The van der Waals surface area contributed by atoms with Crippen LogP contribution in [-0.2, 0) is 0 Å². The van der Waals surface area contributed by atoms with Gasteiger partial charge in [0, 0.05) is 29.3 Å². The van der Waals surface area contributed by atoms with E-state index in [9.17, 15) is 4.79 Å². The van der Waals surface area contributed by atoms with Crippen molar-refractivity contribution in [3.63, 3.8) is 0 Å². The van der Waals surface area contributed by atoms with E-state index in [-0.39, 0.29) is 5.91 Å². The van der Waals surface area contributed by atoms with Gasteiger partial charge in [0.2, 0.25) is 0 Å². The van der Waals surface area contributed by atoms with E-state index in [1.807, 2.05) is 12.1 Å². The SMILES string of the molecule is Cc1ccc(Nc2ccnc(C(=O)Nc3ccc4c(c3)OCCO4)c2)cc1C. The Morgan fingerprint density at radius 3 is 2.43 bits per heavy atom. The molecule has 2 N–H and O–H groups in total. The van der Waals surface area contributed by atoms with Crippen molar-refractivity contribution in [3.05, 3.63) is 71.5 Å². The average Bonchev–Trinajstić information content (AvgIpc) is 2.71. The second-order valence-electron chi connectivity index (χ2n) is 6.67. The molecule has 3 aromatic rings. The highest BCUT2D eigenvalue weighted by Crippen LogP contribution is 2.32. The predicted octanol–water partition coefficient (Wildman–Crippen LogP) is 4.47. The number of fused-ring (bicyclic) bond motifs is 1. The smallest absolute Gasteiger partial charge is 0.274 e. The van der Waals surface area contributed by atoms with Gasteiger partial charge < -0.3 is 20.1 Å². The van der Waals surface area contributed by atoms with E-state index in [4.69, 9.17) is 9.47 Å². The van der Waals surface area contributed by atoms with Crippen LogP contribution in [0.3, 0.4) is 0 Å². The van der Waals surface area contributed by atoms with Crippen molar-refractivity contribution in [1.29, 1.82) is 0 Å². The molecular formula is C22H21N3O3. The zero-order valence-electron chi connectivity index (χ0n) is 15.8. The summed E-state index contributed by atoms with van der Waals surface area (Å²) in [6, 6.07) is 15.0. The molecule has 0 radical (unpaired) electrons. The quantitative estimate of drug-likeness (QED) is 0.704. The van der Waals surface area contributed by atoms with Crippen molar-refractivity contribution in [3.8, 4) is 11.5 Å². The monoisotopic (exact) mass is 375 g/mol. The van der Waals surface area contributed by atoms with Crippen LogP contribution in [0, 0.1) is 13.8 Å². The molecule has 6 nitrogen and oxygen atoms in total. The summed E-state index contributed by atoms with van der Waals surface area (Å²) in [7, 11) is 0. The third-order valence-electron chi connectivity index (χ3n) is 4.59. The summed E-state index contributed by atoms with van der Waals surface area (Å²) < 4.78 is 11.1. The van der Waals surface area contributed by atoms with Gasteiger partial charge in [-0.3, -0.25) is 9.78 Å². The molecule has 0 aliphatic carbocycles. The summed E-state index contributed by atoms with van der Waals surface area (Å²) >= 11 is 0. The standard InChI is InChI=1S/C22H21N3O3/c1-14-3-4-16(11-15(14)2)24-18-7-8-23-19(12-18)22(26)25-17-5-6-20-21(13-17)28-10-9-27-20/h3-8,11-13H,9-10H2,1-2H3,(H,23,24)(H,25,26). The first kappa shape index (κ1) is 17.9. The molecule has 4 rings (SSSR count). The Morgan fingerprint density at radius 1 is 0.857 bits per heavy atom. The molecule has 0 saturated heterocycles. The number of nitrogens with one attached hydrogen (secondary N) is 2. The number of pyridine rings is 1. The number of aryl methyl sites for hydroxylation is 2. The van der Waals surface area contributed by atoms with E-state index in [1.165, 1.54) is 11.1 Å². The first-order valence-electron chi connectivity index (χ1n) is 9.10. The average molecular weight is 375 g/mol. The van der Waals surface area contributed by atoms with Crippen molar-refractivity contribution in [2.75, 3.05) is 23.8 Å². The van der Waals surface area contributed by atoms with E-state index in [2.05, 4.69) is 41.6 Å². The van der Waals surface area contributed by atoms with Crippen LogP contribution >= 0.6 is 0 Å². The topological polar surface area (TPSA) is 72.5 Å². The van der Waals surface area contributed by atoms with Crippen LogP contribution in [0.5, 0.6) is 11.5 Å². The van der Waals surface area contributed by atoms with Gasteiger partial charge in [0.1, 0.15) is 18.9 Å². The van der Waals surface area contributed by atoms with Gasteiger partial charge in [-0.15, -0.1) is 0 Å². The van der Waals surface area contributed by atoms with Crippen molar-refractivity contribution in [2.45, 2.75) is 13.8 Å². The summed E-state index contributed by atoms with van der Waals surface area (Å²) in [6.07, 6.45) is 1.61. The molecule has 142 valence electrons. The summed E-state index contributed by atoms with van der Waals surface area (Å²) in [5.41, 5.74) is 5.15. The Hall–Kier alpha value is -3.54. The van der Waals surface area contributed by atoms with Crippen LogP contribution in [0.15, 0.2) is 54.7 Å². The lowest BCUT2D eigenvalue weighted by atomic mass is 10.1. The molecule has 6 heteroatoms. The number of nitrogens with zero attached hydrogens (tertiary/aromatic N) is 1. The maximum absolute atomic E-state index is 12.6. The van der Waals surface area contributed by atoms with Gasteiger partial charge in [-0.1, -0.05) is 6.07 Å². The van der Waals surface area contributed by atoms with Crippen molar-refractivity contribution < 1.29 is 14.3 Å². The molecule has 2 heterocycles. The molecule has 1 aliphatic heterocycles. The Bertz CT molecular complexity index is 1030. The molecule has 0 unspecified atom stereocenters. The van der Waals surface area contributed by atoms with E-state index in [1.54, 1.807) is 30.5 Å². The Morgan fingerprint density at radius 2 is 1.61 bits per heavy atom. The molecule has 0 spiro atoms. The number of benzene rings is 2. The van der Waals surface area contributed by atoms with Gasteiger partial charge >= 0.3 is 0 Å².